The van der Waals surface area contributed by atoms with E-state index in [9.17, 15) is 14.0 Å². The summed E-state index contributed by atoms with van der Waals surface area (Å²) in [7, 11) is 1.60. The Hall–Kier alpha value is -2.68. The fourth-order valence-electron chi connectivity index (χ4n) is 4.49. The quantitative estimate of drug-likeness (QED) is 0.694. The topological polar surface area (TPSA) is 72.6 Å². The minimum Gasteiger partial charge on any atom is -0.383 e. The molecule has 4 rings (SSSR count). The highest BCUT2D eigenvalue weighted by Crippen LogP contribution is 2.24. The van der Waals surface area contributed by atoms with E-state index in [0.717, 1.165) is 18.7 Å². The van der Waals surface area contributed by atoms with Crippen molar-refractivity contribution in [1.82, 2.24) is 19.2 Å². The van der Waals surface area contributed by atoms with E-state index in [1.165, 1.54) is 10.7 Å². The molecule has 1 aromatic heterocycles. The molecule has 0 spiro atoms. The molecule has 1 saturated heterocycles. The number of carbonyl (C=O) groups is 1. The Bertz CT molecular complexity index is 964. The van der Waals surface area contributed by atoms with Gasteiger partial charge < -0.3 is 14.5 Å². The summed E-state index contributed by atoms with van der Waals surface area (Å²) in [5.74, 6) is 0.968. The number of piperazine rings is 1. The second kappa shape index (κ2) is 9.64. The summed E-state index contributed by atoms with van der Waals surface area (Å²) in [6.07, 6.45) is 2.84. The van der Waals surface area contributed by atoms with Crippen LogP contribution in [0.25, 0.3) is 0 Å². The molecule has 1 fully saturated rings. The Morgan fingerprint density at radius 1 is 1.16 bits per heavy atom. The lowest BCUT2D eigenvalue weighted by Gasteiger charge is -2.36. The van der Waals surface area contributed by atoms with Gasteiger partial charge in [0, 0.05) is 52.7 Å². The van der Waals surface area contributed by atoms with Gasteiger partial charge in [0.1, 0.15) is 11.6 Å². The number of rotatable bonds is 6. The predicted molar refractivity (Wildman–Crippen MR) is 115 cm³/mol. The summed E-state index contributed by atoms with van der Waals surface area (Å²) >= 11 is 0. The molecular weight excluding hydrogens is 401 g/mol. The lowest BCUT2D eigenvalue weighted by Crippen LogP contribution is -2.49. The van der Waals surface area contributed by atoms with Crippen molar-refractivity contribution in [1.29, 1.82) is 0 Å². The molecule has 168 valence electrons. The van der Waals surface area contributed by atoms with Gasteiger partial charge in [-0.05, 0) is 30.9 Å². The van der Waals surface area contributed by atoms with E-state index in [2.05, 4.69) is 5.10 Å². The fourth-order valence-corrected chi connectivity index (χ4v) is 4.49. The normalized spacial score (nSPS) is 19.2. The molecule has 1 aromatic carbocycles. The Kier molecular flexibility index (Phi) is 6.70. The van der Waals surface area contributed by atoms with Crippen molar-refractivity contribution >= 4 is 11.6 Å². The Labute approximate surface area is 181 Å². The van der Waals surface area contributed by atoms with Crippen LogP contribution in [-0.2, 0) is 29.0 Å². The van der Waals surface area contributed by atoms with Crippen molar-refractivity contribution in [3.63, 3.8) is 0 Å². The molecule has 0 saturated carbocycles. The van der Waals surface area contributed by atoms with Crippen LogP contribution < -0.4 is 10.6 Å². The Balaban J connectivity index is 1.29. The molecule has 31 heavy (non-hydrogen) atoms. The van der Waals surface area contributed by atoms with Crippen molar-refractivity contribution in [2.75, 3.05) is 44.8 Å². The van der Waals surface area contributed by atoms with Crippen LogP contribution in [0.5, 0.6) is 0 Å². The number of halogens is 1. The number of ether oxygens (including phenoxy) is 1. The third kappa shape index (κ3) is 4.81. The van der Waals surface area contributed by atoms with Crippen molar-refractivity contribution in [2.45, 2.75) is 38.8 Å². The Morgan fingerprint density at radius 2 is 1.94 bits per heavy atom. The average molecular weight is 432 g/mol. The second-order valence-electron chi connectivity index (χ2n) is 8.28. The number of para-hydroxylation sites is 1. The number of anilines is 1. The van der Waals surface area contributed by atoms with E-state index in [1.54, 1.807) is 23.8 Å². The van der Waals surface area contributed by atoms with E-state index in [1.807, 2.05) is 15.9 Å². The first kappa shape index (κ1) is 21.5. The number of aromatic nitrogens is 3. The first-order chi connectivity index (χ1) is 15.1. The third-order valence-corrected chi connectivity index (χ3v) is 6.33. The lowest BCUT2D eigenvalue weighted by molar-refractivity contribution is -0.132. The molecule has 3 heterocycles. The van der Waals surface area contributed by atoms with Crippen LogP contribution in [0.2, 0.25) is 0 Å². The zero-order chi connectivity index (χ0) is 21.8. The number of hydrogen-bond acceptors (Lipinski definition) is 5. The highest BCUT2D eigenvalue weighted by atomic mass is 19.1. The van der Waals surface area contributed by atoms with Gasteiger partial charge in [0.15, 0.2) is 0 Å². The molecule has 0 aliphatic carbocycles. The van der Waals surface area contributed by atoms with Crippen molar-refractivity contribution in [2.24, 2.45) is 5.92 Å². The number of amides is 1. The summed E-state index contributed by atoms with van der Waals surface area (Å²) in [5.41, 5.74) is 0.507. The molecule has 2 aromatic rings. The molecule has 2 aliphatic rings. The maximum absolute atomic E-state index is 14.0. The number of methoxy groups -OCH3 is 1. The van der Waals surface area contributed by atoms with Gasteiger partial charge in [0.25, 0.3) is 0 Å². The van der Waals surface area contributed by atoms with Gasteiger partial charge in [-0.15, -0.1) is 0 Å². The van der Waals surface area contributed by atoms with Gasteiger partial charge in [-0.2, -0.15) is 5.10 Å². The minimum atomic E-state index is -0.223. The van der Waals surface area contributed by atoms with Gasteiger partial charge in [-0.25, -0.2) is 13.9 Å². The van der Waals surface area contributed by atoms with E-state index >= 15 is 0 Å². The SMILES string of the molecule is COCCn1nc2n(c1=O)CCC(CC(=O)N1CCN(c3ccccc3F)CC1)CC2. The first-order valence-corrected chi connectivity index (χ1v) is 11.0. The monoisotopic (exact) mass is 431 g/mol. The summed E-state index contributed by atoms with van der Waals surface area (Å²) in [5, 5.41) is 4.45. The third-order valence-electron chi connectivity index (χ3n) is 6.33. The van der Waals surface area contributed by atoms with Gasteiger partial charge in [0.2, 0.25) is 5.91 Å². The molecule has 2 aliphatic heterocycles. The maximum Gasteiger partial charge on any atom is 0.345 e. The zero-order valence-corrected chi connectivity index (χ0v) is 18.0. The predicted octanol–water partition coefficient (Wildman–Crippen LogP) is 1.52. The molecule has 1 amide bonds. The molecule has 8 nitrogen and oxygen atoms in total. The van der Waals surface area contributed by atoms with Crippen LogP contribution in [-0.4, -0.2) is 65.1 Å². The Morgan fingerprint density at radius 3 is 2.68 bits per heavy atom. The standard InChI is InChI=1S/C22H30FN5O3/c1-31-15-14-28-22(30)27-9-8-17(6-7-20(27)24-28)16-21(29)26-12-10-25(11-13-26)19-5-3-2-4-18(19)23/h2-5,17H,6-16H2,1H3. The van der Waals surface area contributed by atoms with Crippen molar-refractivity contribution in [3.05, 3.63) is 46.4 Å². The molecule has 9 heteroatoms. The second-order valence-corrected chi connectivity index (χ2v) is 8.28. The molecule has 0 N–H and O–H groups in total. The summed E-state index contributed by atoms with van der Waals surface area (Å²) in [6.45, 7) is 3.98. The highest BCUT2D eigenvalue weighted by Gasteiger charge is 2.27. The maximum atomic E-state index is 14.0. The summed E-state index contributed by atoms with van der Waals surface area (Å²) in [6, 6.07) is 6.77. The van der Waals surface area contributed by atoms with E-state index in [4.69, 9.17) is 4.74 Å². The van der Waals surface area contributed by atoms with Crippen LogP contribution >= 0.6 is 0 Å². The van der Waals surface area contributed by atoms with E-state index < -0.39 is 0 Å². The van der Waals surface area contributed by atoms with Gasteiger partial charge >= 0.3 is 5.69 Å². The number of fused-ring (bicyclic) bond motifs is 1. The largest absolute Gasteiger partial charge is 0.383 e. The summed E-state index contributed by atoms with van der Waals surface area (Å²) in [4.78, 5) is 29.3. The molecule has 0 radical (unpaired) electrons. The van der Waals surface area contributed by atoms with Crippen molar-refractivity contribution < 1.29 is 13.9 Å². The van der Waals surface area contributed by atoms with Gasteiger partial charge in [0.05, 0.1) is 18.8 Å². The number of hydrogen-bond donors (Lipinski definition) is 0. The minimum absolute atomic E-state index is 0.0942. The molecular formula is C22H30FN5O3. The van der Waals surface area contributed by atoms with Crippen LogP contribution in [0, 0.1) is 11.7 Å². The highest BCUT2D eigenvalue weighted by molar-refractivity contribution is 5.76. The molecule has 1 unspecified atom stereocenters. The average Bonchev–Trinajstić information content (AvgIpc) is 2.94. The number of nitrogens with zero attached hydrogens (tertiary/aromatic N) is 5. The summed E-state index contributed by atoms with van der Waals surface area (Å²) < 4.78 is 22.3. The zero-order valence-electron chi connectivity index (χ0n) is 18.0. The molecule has 0 bridgehead atoms. The molecule has 1 atom stereocenters. The van der Waals surface area contributed by atoms with Crippen LogP contribution in [0.3, 0.4) is 0 Å². The number of carbonyl (C=O) groups excluding carboxylic acids is 1. The van der Waals surface area contributed by atoms with E-state index in [0.29, 0.717) is 64.4 Å². The number of benzene rings is 1. The fraction of sp³-hybridized carbons (Fsp3) is 0.591. The first-order valence-electron chi connectivity index (χ1n) is 11.0. The van der Waals surface area contributed by atoms with Crippen LogP contribution in [0.1, 0.15) is 25.1 Å². The smallest absolute Gasteiger partial charge is 0.345 e. The van der Waals surface area contributed by atoms with Gasteiger partial charge in [-0.3, -0.25) is 9.36 Å². The lowest BCUT2D eigenvalue weighted by atomic mass is 9.96. The number of aryl methyl sites for hydroxylation is 1. The van der Waals surface area contributed by atoms with Crippen LogP contribution in [0.15, 0.2) is 29.1 Å². The van der Waals surface area contributed by atoms with Crippen LogP contribution in [0.4, 0.5) is 10.1 Å². The van der Waals surface area contributed by atoms with Crippen molar-refractivity contribution in [3.8, 4) is 0 Å². The van der Waals surface area contributed by atoms with E-state index in [-0.39, 0.29) is 23.3 Å². The van der Waals surface area contributed by atoms with Gasteiger partial charge in [-0.1, -0.05) is 12.1 Å².